The zero-order chi connectivity index (χ0) is 14.2. The molecule has 0 aliphatic carbocycles. The summed E-state index contributed by atoms with van der Waals surface area (Å²) in [5.74, 6) is 0. The number of thiazole rings is 1. The van der Waals surface area contributed by atoms with E-state index < -0.39 is 17.3 Å². The zero-order valence-electron chi connectivity index (χ0n) is 10.2. The summed E-state index contributed by atoms with van der Waals surface area (Å²) in [4.78, 5) is 7.49. The van der Waals surface area contributed by atoms with Crippen molar-refractivity contribution in [2.75, 3.05) is 0 Å². The second kappa shape index (κ2) is 4.90. The molecule has 2 aromatic rings. The number of pyridine rings is 1. The van der Waals surface area contributed by atoms with E-state index >= 15 is 0 Å². The van der Waals surface area contributed by atoms with Crippen LogP contribution in [-0.4, -0.2) is 15.1 Å². The van der Waals surface area contributed by atoms with Crippen LogP contribution in [0.3, 0.4) is 0 Å². The van der Waals surface area contributed by atoms with Gasteiger partial charge in [-0.1, -0.05) is 6.07 Å². The summed E-state index contributed by atoms with van der Waals surface area (Å²) < 4.78 is 37.3. The van der Waals surface area contributed by atoms with Crippen molar-refractivity contribution in [2.24, 2.45) is 0 Å². The maximum atomic E-state index is 12.4. The van der Waals surface area contributed by atoms with Crippen LogP contribution in [0.4, 0.5) is 13.2 Å². The fourth-order valence-electron chi connectivity index (χ4n) is 1.69. The molecule has 1 unspecified atom stereocenters. The molecule has 0 saturated heterocycles. The van der Waals surface area contributed by atoms with Gasteiger partial charge >= 0.3 is 6.18 Å². The molecule has 0 aliphatic rings. The van der Waals surface area contributed by atoms with Crippen molar-refractivity contribution in [2.45, 2.75) is 26.1 Å². The average Bonchev–Trinajstić information content (AvgIpc) is 2.76. The lowest BCUT2D eigenvalue weighted by atomic mass is 10.1. The van der Waals surface area contributed by atoms with Gasteiger partial charge in [0.15, 0.2) is 5.01 Å². The quantitative estimate of drug-likeness (QED) is 0.922. The molecule has 0 fully saturated rings. The number of aromatic nitrogens is 2. The number of halogens is 3. The van der Waals surface area contributed by atoms with Crippen molar-refractivity contribution in [3.8, 4) is 0 Å². The molecule has 0 spiro atoms. The Labute approximate surface area is 111 Å². The van der Waals surface area contributed by atoms with Gasteiger partial charge in [0.25, 0.3) is 0 Å². The van der Waals surface area contributed by atoms with E-state index in [0.717, 1.165) is 17.3 Å². The molecule has 0 saturated carbocycles. The number of rotatable bonds is 2. The van der Waals surface area contributed by atoms with Gasteiger partial charge in [-0.15, -0.1) is 11.3 Å². The first-order valence-electron chi connectivity index (χ1n) is 5.43. The third-order valence-corrected chi connectivity index (χ3v) is 3.64. The fourth-order valence-corrected chi connectivity index (χ4v) is 2.46. The maximum Gasteiger partial charge on any atom is 0.443 e. The van der Waals surface area contributed by atoms with Gasteiger partial charge < -0.3 is 5.11 Å². The first kappa shape index (κ1) is 14.0. The van der Waals surface area contributed by atoms with Crippen LogP contribution in [0.25, 0.3) is 0 Å². The van der Waals surface area contributed by atoms with Crippen LogP contribution in [0.1, 0.15) is 32.8 Å². The van der Waals surface area contributed by atoms with E-state index in [0.29, 0.717) is 17.0 Å². The Balaban J connectivity index is 2.34. The summed E-state index contributed by atoms with van der Waals surface area (Å²) in [5, 5.41) is 9.12. The van der Waals surface area contributed by atoms with Crippen molar-refractivity contribution >= 4 is 11.3 Å². The Bertz CT molecular complexity index is 595. The van der Waals surface area contributed by atoms with Crippen LogP contribution in [0, 0.1) is 13.8 Å². The minimum absolute atomic E-state index is 0.131. The Morgan fingerprint density at radius 3 is 2.42 bits per heavy atom. The Hall–Kier alpha value is -1.47. The highest BCUT2D eigenvalue weighted by molar-refractivity contribution is 7.11. The topological polar surface area (TPSA) is 46.0 Å². The molecule has 1 N–H and O–H groups in total. The predicted molar refractivity (Wildman–Crippen MR) is 64.9 cm³/mol. The van der Waals surface area contributed by atoms with Crippen molar-refractivity contribution in [3.63, 3.8) is 0 Å². The van der Waals surface area contributed by atoms with Crippen LogP contribution >= 0.6 is 11.3 Å². The predicted octanol–water partition coefficient (Wildman–Crippen LogP) is 3.26. The van der Waals surface area contributed by atoms with Gasteiger partial charge in [-0.05, 0) is 25.0 Å². The van der Waals surface area contributed by atoms with Crippen molar-refractivity contribution in [1.29, 1.82) is 0 Å². The van der Waals surface area contributed by atoms with Crippen LogP contribution in [-0.2, 0) is 6.18 Å². The highest BCUT2D eigenvalue weighted by Crippen LogP contribution is 2.36. The van der Waals surface area contributed by atoms with Gasteiger partial charge in [-0.25, -0.2) is 4.98 Å². The van der Waals surface area contributed by atoms with Crippen molar-refractivity contribution in [1.82, 2.24) is 9.97 Å². The monoisotopic (exact) mass is 288 g/mol. The summed E-state index contributed by atoms with van der Waals surface area (Å²) in [6, 6.07) is 1.82. The van der Waals surface area contributed by atoms with E-state index in [2.05, 4.69) is 9.97 Å². The van der Waals surface area contributed by atoms with E-state index in [1.165, 1.54) is 0 Å². The lowest BCUT2D eigenvalue weighted by molar-refractivity contribution is -0.137. The van der Waals surface area contributed by atoms with Crippen LogP contribution < -0.4 is 0 Å². The van der Waals surface area contributed by atoms with E-state index in [4.69, 9.17) is 0 Å². The van der Waals surface area contributed by atoms with Gasteiger partial charge in [0.2, 0.25) is 0 Å². The lowest BCUT2D eigenvalue weighted by Crippen LogP contribution is -2.04. The molecule has 0 aromatic carbocycles. The normalized spacial score (nSPS) is 13.6. The van der Waals surface area contributed by atoms with E-state index in [1.54, 1.807) is 13.1 Å². The molecule has 0 radical (unpaired) electrons. The van der Waals surface area contributed by atoms with E-state index in [-0.39, 0.29) is 4.88 Å². The summed E-state index contributed by atoms with van der Waals surface area (Å²) in [7, 11) is 0. The fraction of sp³-hybridized carbons (Fsp3) is 0.333. The highest BCUT2D eigenvalue weighted by Gasteiger charge is 2.35. The van der Waals surface area contributed by atoms with Gasteiger partial charge in [0, 0.05) is 12.4 Å². The number of aliphatic hydroxyl groups excluding tert-OH is 1. The summed E-state index contributed by atoms with van der Waals surface area (Å²) in [6.45, 7) is 3.61. The SMILES string of the molecule is Cc1cnc(C(O)c2cnc(C(F)(F)F)s2)c(C)c1. The number of alkyl halides is 3. The molecule has 0 amide bonds. The van der Waals surface area contributed by atoms with E-state index in [9.17, 15) is 18.3 Å². The second-order valence-electron chi connectivity index (χ2n) is 4.18. The third kappa shape index (κ3) is 2.93. The molecule has 102 valence electrons. The van der Waals surface area contributed by atoms with Gasteiger partial charge in [-0.2, -0.15) is 13.2 Å². The minimum atomic E-state index is -4.49. The number of hydrogen-bond donors (Lipinski definition) is 1. The molecule has 2 rings (SSSR count). The highest BCUT2D eigenvalue weighted by atomic mass is 32.1. The second-order valence-corrected chi connectivity index (χ2v) is 5.25. The molecule has 2 aromatic heterocycles. The maximum absolute atomic E-state index is 12.4. The van der Waals surface area contributed by atoms with Gasteiger partial charge in [0.05, 0.1) is 10.6 Å². The molecule has 0 bridgehead atoms. The standard InChI is InChI=1S/C12H11F3N2OS/c1-6-3-7(2)9(16-4-6)10(18)8-5-17-11(19-8)12(13,14)15/h3-5,10,18H,1-2H3. The van der Waals surface area contributed by atoms with Crippen LogP contribution in [0.15, 0.2) is 18.5 Å². The zero-order valence-corrected chi connectivity index (χ0v) is 11.0. The Morgan fingerprint density at radius 2 is 1.89 bits per heavy atom. The molecular weight excluding hydrogens is 277 g/mol. The average molecular weight is 288 g/mol. The molecule has 1 atom stereocenters. The van der Waals surface area contributed by atoms with Gasteiger partial charge in [-0.3, -0.25) is 4.98 Å². The Kier molecular flexibility index (Phi) is 3.60. The van der Waals surface area contributed by atoms with E-state index in [1.807, 2.05) is 13.0 Å². The largest absolute Gasteiger partial charge is 0.443 e. The minimum Gasteiger partial charge on any atom is -0.381 e. The number of nitrogens with zero attached hydrogens (tertiary/aromatic N) is 2. The molecule has 7 heteroatoms. The first-order valence-corrected chi connectivity index (χ1v) is 6.25. The van der Waals surface area contributed by atoms with Crippen LogP contribution in [0.2, 0.25) is 0 Å². The third-order valence-electron chi connectivity index (χ3n) is 2.55. The number of hydrogen-bond acceptors (Lipinski definition) is 4. The number of aliphatic hydroxyl groups is 1. The lowest BCUT2D eigenvalue weighted by Gasteiger charge is -2.11. The molecule has 3 nitrogen and oxygen atoms in total. The van der Waals surface area contributed by atoms with Crippen molar-refractivity contribution < 1.29 is 18.3 Å². The molecule has 2 heterocycles. The molecule has 19 heavy (non-hydrogen) atoms. The van der Waals surface area contributed by atoms with Crippen molar-refractivity contribution in [3.05, 3.63) is 45.2 Å². The molecular formula is C12H11F3N2OS. The Morgan fingerprint density at radius 1 is 1.21 bits per heavy atom. The van der Waals surface area contributed by atoms with Gasteiger partial charge in [0.1, 0.15) is 6.10 Å². The summed E-state index contributed by atoms with van der Waals surface area (Å²) >= 11 is 0.430. The molecule has 0 aliphatic heterocycles. The van der Waals surface area contributed by atoms with Crippen LogP contribution in [0.5, 0.6) is 0 Å². The first-order chi connectivity index (χ1) is 8.79. The smallest absolute Gasteiger partial charge is 0.381 e. The summed E-state index contributed by atoms with van der Waals surface area (Å²) in [6.07, 6.45) is -3.07. The number of aryl methyl sites for hydroxylation is 2. The summed E-state index contributed by atoms with van der Waals surface area (Å²) in [5.41, 5.74) is 2.01.